The third-order valence-electron chi connectivity index (χ3n) is 3.55. The minimum Gasteiger partial charge on any atom is -0.384 e. The van der Waals surface area contributed by atoms with Crippen molar-refractivity contribution in [2.75, 3.05) is 0 Å². The van der Waals surface area contributed by atoms with Gasteiger partial charge in [0.25, 0.3) is 0 Å². The minimum atomic E-state index is -0.683. The molecular formula is C17H18BrClO. The van der Waals surface area contributed by atoms with Crippen LogP contribution >= 0.6 is 27.5 Å². The van der Waals surface area contributed by atoms with Crippen LogP contribution in [0.3, 0.4) is 0 Å². The van der Waals surface area contributed by atoms with Crippen LogP contribution < -0.4 is 0 Å². The minimum absolute atomic E-state index is 0.579. The van der Waals surface area contributed by atoms with Gasteiger partial charge in [0.2, 0.25) is 0 Å². The number of aliphatic hydroxyl groups excluding tert-OH is 1. The molecule has 0 aliphatic rings. The van der Waals surface area contributed by atoms with Gasteiger partial charge in [0, 0.05) is 15.1 Å². The van der Waals surface area contributed by atoms with Gasteiger partial charge in [-0.05, 0) is 41.7 Å². The lowest BCUT2D eigenvalue weighted by Gasteiger charge is -2.18. The molecule has 0 saturated carbocycles. The average molecular weight is 354 g/mol. The summed E-state index contributed by atoms with van der Waals surface area (Å²) in [6.07, 6.45) is 1.17. The number of aryl methyl sites for hydroxylation is 2. The third kappa shape index (κ3) is 3.25. The Morgan fingerprint density at radius 3 is 2.40 bits per heavy atom. The molecule has 1 unspecified atom stereocenters. The predicted molar refractivity (Wildman–Crippen MR) is 88.4 cm³/mol. The van der Waals surface area contributed by atoms with E-state index < -0.39 is 6.10 Å². The molecule has 0 bridgehead atoms. The second-order valence-corrected chi connectivity index (χ2v) is 6.13. The van der Waals surface area contributed by atoms with E-state index in [9.17, 15) is 5.11 Å². The van der Waals surface area contributed by atoms with Gasteiger partial charge in [0.15, 0.2) is 0 Å². The number of hydrogen-bond acceptors (Lipinski definition) is 1. The molecule has 0 radical (unpaired) electrons. The molecule has 0 aliphatic heterocycles. The smallest absolute Gasteiger partial charge is 0.106 e. The molecule has 106 valence electrons. The first kappa shape index (κ1) is 15.6. The van der Waals surface area contributed by atoms with E-state index in [1.54, 1.807) is 0 Å². The van der Waals surface area contributed by atoms with Crippen molar-refractivity contribution in [3.63, 3.8) is 0 Å². The normalized spacial score (nSPS) is 12.4. The zero-order chi connectivity index (χ0) is 14.7. The van der Waals surface area contributed by atoms with E-state index >= 15 is 0 Å². The molecule has 0 aliphatic carbocycles. The van der Waals surface area contributed by atoms with Gasteiger partial charge in [0.1, 0.15) is 6.10 Å². The van der Waals surface area contributed by atoms with Crippen molar-refractivity contribution in [1.82, 2.24) is 0 Å². The maximum Gasteiger partial charge on any atom is 0.106 e. The summed E-state index contributed by atoms with van der Waals surface area (Å²) < 4.78 is 0.913. The van der Waals surface area contributed by atoms with Crippen molar-refractivity contribution >= 4 is 27.5 Å². The van der Waals surface area contributed by atoms with Crippen molar-refractivity contribution in [2.24, 2.45) is 0 Å². The molecular weight excluding hydrogens is 336 g/mol. The third-order valence-corrected chi connectivity index (χ3v) is 4.37. The van der Waals surface area contributed by atoms with Gasteiger partial charge in [0.05, 0.1) is 0 Å². The maximum absolute atomic E-state index is 10.7. The quantitative estimate of drug-likeness (QED) is 0.790. The summed E-state index contributed by atoms with van der Waals surface area (Å²) in [6.45, 7) is 4.21. The van der Waals surface area contributed by atoms with Gasteiger partial charge in [-0.1, -0.05) is 65.6 Å². The topological polar surface area (TPSA) is 20.2 Å². The second kappa shape index (κ2) is 6.75. The summed E-state index contributed by atoms with van der Waals surface area (Å²) in [6, 6.07) is 11.9. The molecule has 2 rings (SSSR count). The van der Waals surface area contributed by atoms with E-state index in [0.29, 0.717) is 5.02 Å². The van der Waals surface area contributed by atoms with E-state index in [1.807, 2.05) is 18.2 Å². The van der Waals surface area contributed by atoms with E-state index in [1.165, 1.54) is 5.56 Å². The highest BCUT2D eigenvalue weighted by Gasteiger charge is 2.17. The van der Waals surface area contributed by atoms with E-state index in [4.69, 9.17) is 11.6 Å². The highest BCUT2D eigenvalue weighted by atomic mass is 79.9. The molecule has 1 N–H and O–H groups in total. The highest BCUT2D eigenvalue weighted by molar-refractivity contribution is 9.10. The van der Waals surface area contributed by atoms with Crippen molar-refractivity contribution < 1.29 is 5.11 Å². The van der Waals surface area contributed by atoms with E-state index in [-0.39, 0.29) is 0 Å². The lowest BCUT2D eigenvalue weighted by atomic mass is 9.93. The van der Waals surface area contributed by atoms with Crippen LogP contribution in [0.4, 0.5) is 0 Å². The van der Waals surface area contributed by atoms with Gasteiger partial charge in [-0.15, -0.1) is 0 Å². The Morgan fingerprint density at radius 2 is 1.80 bits per heavy atom. The highest BCUT2D eigenvalue weighted by Crippen LogP contribution is 2.32. The number of aliphatic hydroxyl groups is 1. The SMILES string of the molecule is CCc1ccc(CC)c(C(O)c2ccc(Br)cc2Cl)c1. The standard InChI is InChI=1S/C17H18BrClO/c1-3-11-5-6-12(4-2)15(9-11)17(20)14-8-7-13(18)10-16(14)19/h5-10,17,20H,3-4H2,1-2H3. The largest absolute Gasteiger partial charge is 0.384 e. The molecule has 3 heteroatoms. The molecule has 2 aromatic rings. The van der Waals surface area contributed by atoms with Crippen LogP contribution in [0.2, 0.25) is 5.02 Å². The number of halogens is 2. The zero-order valence-electron chi connectivity index (χ0n) is 11.7. The fourth-order valence-corrected chi connectivity index (χ4v) is 3.11. The zero-order valence-corrected chi connectivity index (χ0v) is 14.0. The molecule has 0 saturated heterocycles. The maximum atomic E-state index is 10.7. The molecule has 1 atom stereocenters. The van der Waals surface area contributed by atoms with Gasteiger partial charge in [-0.3, -0.25) is 0 Å². The van der Waals surface area contributed by atoms with Crippen molar-refractivity contribution in [1.29, 1.82) is 0 Å². The average Bonchev–Trinajstić information content (AvgIpc) is 2.46. The number of rotatable bonds is 4. The molecule has 0 fully saturated rings. The van der Waals surface area contributed by atoms with Gasteiger partial charge >= 0.3 is 0 Å². The number of hydrogen-bond donors (Lipinski definition) is 1. The van der Waals surface area contributed by atoms with Crippen LogP contribution in [0.5, 0.6) is 0 Å². The van der Waals surface area contributed by atoms with Crippen LogP contribution in [0.15, 0.2) is 40.9 Å². The first-order valence-corrected chi connectivity index (χ1v) is 7.98. The fourth-order valence-electron chi connectivity index (χ4n) is 2.33. The Morgan fingerprint density at radius 1 is 1.05 bits per heavy atom. The summed E-state index contributed by atoms with van der Waals surface area (Å²) in [7, 11) is 0. The summed E-state index contributed by atoms with van der Waals surface area (Å²) in [4.78, 5) is 0. The first-order chi connectivity index (χ1) is 9.56. The molecule has 0 amide bonds. The lowest BCUT2D eigenvalue weighted by molar-refractivity contribution is 0.219. The molecule has 1 nitrogen and oxygen atoms in total. The predicted octanol–water partition coefficient (Wildman–Crippen LogP) is 5.31. The Labute approximate surface area is 133 Å². The lowest BCUT2D eigenvalue weighted by Crippen LogP contribution is -2.05. The Kier molecular flexibility index (Phi) is 5.25. The second-order valence-electron chi connectivity index (χ2n) is 4.81. The Hall–Kier alpha value is -0.830. The van der Waals surface area contributed by atoms with Crippen molar-refractivity contribution in [2.45, 2.75) is 32.8 Å². The van der Waals surface area contributed by atoms with Gasteiger partial charge in [-0.25, -0.2) is 0 Å². The summed E-state index contributed by atoms with van der Waals surface area (Å²) >= 11 is 9.64. The molecule has 0 spiro atoms. The van der Waals surface area contributed by atoms with Crippen molar-refractivity contribution in [3.8, 4) is 0 Å². The molecule has 2 aromatic carbocycles. The molecule has 20 heavy (non-hydrogen) atoms. The van der Waals surface area contributed by atoms with Crippen LogP contribution in [0.25, 0.3) is 0 Å². The Bertz CT molecular complexity index is 610. The summed E-state index contributed by atoms with van der Waals surface area (Å²) in [5.41, 5.74) is 4.09. The molecule has 0 heterocycles. The van der Waals surface area contributed by atoms with Gasteiger partial charge in [-0.2, -0.15) is 0 Å². The summed E-state index contributed by atoms with van der Waals surface area (Å²) in [5.74, 6) is 0. The van der Waals surface area contributed by atoms with Crippen molar-refractivity contribution in [3.05, 3.63) is 68.1 Å². The Balaban J connectivity index is 2.48. The van der Waals surface area contributed by atoms with Crippen LogP contribution in [0, 0.1) is 0 Å². The monoisotopic (exact) mass is 352 g/mol. The summed E-state index contributed by atoms with van der Waals surface area (Å²) in [5, 5.41) is 11.3. The van der Waals surface area contributed by atoms with Gasteiger partial charge < -0.3 is 5.11 Å². The van der Waals surface area contributed by atoms with E-state index in [0.717, 1.165) is 34.0 Å². The fraction of sp³-hybridized carbons (Fsp3) is 0.294. The van der Waals surface area contributed by atoms with Crippen LogP contribution in [-0.2, 0) is 12.8 Å². The molecule has 0 aromatic heterocycles. The van der Waals surface area contributed by atoms with Crippen LogP contribution in [0.1, 0.15) is 42.2 Å². The number of benzene rings is 2. The van der Waals surface area contributed by atoms with Crippen LogP contribution in [-0.4, -0.2) is 5.11 Å². The first-order valence-electron chi connectivity index (χ1n) is 6.81. The van der Waals surface area contributed by atoms with E-state index in [2.05, 4.69) is 48.0 Å².